The van der Waals surface area contributed by atoms with Gasteiger partial charge in [-0.15, -0.1) is 0 Å². The number of rotatable bonds is 7. The van der Waals surface area contributed by atoms with Gasteiger partial charge >= 0.3 is 0 Å². The Hall–Kier alpha value is -2.53. The third-order valence-corrected chi connectivity index (χ3v) is 3.85. The van der Waals surface area contributed by atoms with Crippen LogP contribution in [0.3, 0.4) is 0 Å². The fourth-order valence-electron chi connectivity index (χ4n) is 2.19. The van der Waals surface area contributed by atoms with Gasteiger partial charge in [0.05, 0.1) is 11.3 Å². The highest BCUT2D eigenvalue weighted by Crippen LogP contribution is 2.19. The van der Waals surface area contributed by atoms with E-state index in [0.717, 1.165) is 0 Å². The summed E-state index contributed by atoms with van der Waals surface area (Å²) in [6.07, 6.45) is -0.733. The van der Waals surface area contributed by atoms with Crippen LogP contribution >= 0.6 is 11.6 Å². The van der Waals surface area contributed by atoms with Crippen molar-refractivity contribution < 1.29 is 14.3 Å². The summed E-state index contributed by atoms with van der Waals surface area (Å²) < 4.78 is 5.61. The monoisotopic (exact) mass is 374 g/mol. The van der Waals surface area contributed by atoms with Crippen molar-refractivity contribution in [2.24, 2.45) is 5.92 Å². The van der Waals surface area contributed by atoms with Crippen LogP contribution in [-0.2, 0) is 4.79 Å². The average Bonchev–Trinajstić information content (AvgIpc) is 2.62. The fourth-order valence-corrected chi connectivity index (χ4v) is 2.31. The molecule has 6 heteroatoms. The number of hydrogen-bond donors (Lipinski definition) is 2. The van der Waals surface area contributed by atoms with Gasteiger partial charge < -0.3 is 15.4 Å². The maximum Gasteiger partial charge on any atom is 0.265 e. The van der Waals surface area contributed by atoms with E-state index in [0.29, 0.717) is 34.5 Å². The maximum atomic E-state index is 12.4. The molecular weight excluding hydrogens is 352 g/mol. The largest absolute Gasteiger partial charge is 0.481 e. The first-order valence-electron chi connectivity index (χ1n) is 8.47. The molecule has 2 N–H and O–H groups in total. The van der Waals surface area contributed by atoms with E-state index in [1.54, 1.807) is 55.5 Å². The van der Waals surface area contributed by atoms with Crippen molar-refractivity contribution in [3.63, 3.8) is 0 Å². The summed E-state index contributed by atoms with van der Waals surface area (Å²) in [6.45, 7) is 6.25. The van der Waals surface area contributed by atoms with Crippen LogP contribution in [0, 0.1) is 5.92 Å². The van der Waals surface area contributed by atoms with Gasteiger partial charge in [-0.05, 0) is 49.2 Å². The zero-order valence-corrected chi connectivity index (χ0v) is 15.8. The SMILES string of the molecule is CC(C)CNC(=O)c1ccccc1NC(=O)[C@H](C)Oc1ccc(Cl)cc1. The van der Waals surface area contributed by atoms with Crippen molar-refractivity contribution in [2.45, 2.75) is 26.9 Å². The Morgan fingerprint density at radius 1 is 1.04 bits per heavy atom. The molecule has 0 bridgehead atoms. The lowest BCUT2D eigenvalue weighted by Crippen LogP contribution is -2.32. The van der Waals surface area contributed by atoms with Gasteiger partial charge in [-0.3, -0.25) is 9.59 Å². The molecule has 0 aromatic heterocycles. The number of nitrogens with one attached hydrogen (secondary N) is 2. The van der Waals surface area contributed by atoms with Crippen LogP contribution in [0.5, 0.6) is 5.75 Å². The van der Waals surface area contributed by atoms with Crippen molar-refractivity contribution in [3.8, 4) is 5.75 Å². The second-order valence-corrected chi connectivity index (χ2v) is 6.79. The summed E-state index contributed by atoms with van der Waals surface area (Å²) in [7, 11) is 0. The van der Waals surface area contributed by atoms with Crippen LogP contribution in [0.2, 0.25) is 5.02 Å². The minimum atomic E-state index is -0.733. The van der Waals surface area contributed by atoms with Crippen LogP contribution in [0.15, 0.2) is 48.5 Å². The molecule has 1 atom stereocenters. The number of benzene rings is 2. The third kappa shape index (κ3) is 5.77. The lowest BCUT2D eigenvalue weighted by molar-refractivity contribution is -0.122. The normalized spacial score (nSPS) is 11.7. The number of anilines is 1. The number of carbonyl (C=O) groups excluding carboxylic acids is 2. The molecule has 0 heterocycles. The van der Waals surface area contributed by atoms with Crippen molar-refractivity contribution in [1.82, 2.24) is 5.32 Å². The van der Waals surface area contributed by atoms with E-state index in [4.69, 9.17) is 16.3 Å². The molecule has 0 saturated carbocycles. The Morgan fingerprint density at radius 3 is 2.35 bits per heavy atom. The highest BCUT2D eigenvalue weighted by atomic mass is 35.5. The van der Waals surface area contributed by atoms with Crippen LogP contribution < -0.4 is 15.4 Å². The van der Waals surface area contributed by atoms with Gasteiger partial charge in [0, 0.05) is 11.6 Å². The Balaban J connectivity index is 2.04. The van der Waals surface area contributed by atoms with E-state index in [9.17, 15) is 9.59 Å². The summed E-state index contributed by atoms with van der Waals surface area (Å²) in [4.78, 5) is 24.8. The molecule has 0 spiro atoms. The summed E-state index contributed by atoms with van der Waals surface area (Å²) >= 11 is 5.84. The summed E-state index contributed by atoms with van der Waals surface area (Å²) in [5.41, 5.74) is 0.866. The summed E-state index contributed by atoms with van der Waals surface area (Å²) in [5, 5.41) is 6.21. The Kier molecular flexibility index (Phi) is 7.04. The number of carbonyl (C=O) groups is 2. The molecule has 26 heavy (non-hydrogen) atoms. The van der Waals surface area contributed by atoms with Gasteiger partial charge in [0.2, 0.25) is 0 Å². The van der Waals surface area contributed by atoms with Gasteiger partial charge in [0.1, 0.15) is 5.75 Å². The van der Waals surface area contributed by atoms with E-state index in [-0.39, 0.29) is 11.8 Å². The predicted molar refractivity (Wildman–Crippen MR) is 104 cm³/mol. The maximum absolute atomic E-state index is 12.4. The first kappa shape index (κ1) is 19.8. The van der Waals surface area contributed by atoms with Crippen molar-refractivity contribution in [3.05, 3.63) is 59.1 Å². The topological polar surface area (TPSA) is 67.4 Å². The van der Waals surface area contributed by atoms with Gasteiger partial charge in [-0.2, -0.15) is 0 Å². The van der Waals surface area contributed by atoms with Gasteiger partial charge in [0.25, 0.3) is 11.8 Å². The quantitative estimate of drug-likeness (QED) is 0.765. The van der Waals surface area contributed by atoms with Crippen molar-refractivity contribution in [1.29, 1.82) is 0 Å². The van der Waals surface area contributed by atoms with Crippen LogP contribution in [0.4, 0.5) is 5.69 Å². The molecule has 0 aliphatic heterocycles. The second-order valence-electron chi connectivity index (χ2n) is 6.35. The highest BCUT2D eigenvalue weighted by molar-refractivity contribution is 6.30. The fraction of sp³-hybridized carbons (Fsp3) is 0.300. The van der Waals surface area contributed by atoms with E-state index in [1.807, 2.05) is 13.8 Å². The lowest BCUT2D eigenvalue weighted by Gasteiger charge is -2.17. The van der Waals surface area contributed by atoms with E-state index in [2.05, 4.69) is 10.6 Å². The number of para-hydroxylation sites is 1. The molecule has 2 amide bonds. The number of halogens is 1. The molecule has 0 unspecified atom stereocenters. The van der Waals surface area contributed by atoms with Crippen molar-refractivity contribution >= 4 is 29.1 Å². The Labute approximate surface area is 158 Å². The first-order valence-corrected chi connectivity index (χ1v) is 8.85. The number of amides is 2. The lowest BCUT2D eigenvalue weighted by atomic mass is 10.1. The minimum absolute atomic E-state index is 0.221. The minimum Gasteiger partial charge on any atom is -0.481 e. The van der Waals surface area contributed by atoms with Crippen LogP contribution in [-0.4, -0.2) is 24.5 Å². The third-order valence-electron chi connectivity index (χ3n) is 3.60. The molecule has 0 aliphatic rings. The molecule has 0 aliphatic carbocycles. The predicted octanol–water partition coefficient (Wildman–Crippen LogP) is 4.13. The molecule has 0 fully saturated rings. The zero-order valence-electron chi connectivity index (χ0n) is 15.1. The van der Waals surface area contributed by atoms with Crippen LogP contribution in [0.1, 0.15) is 31.1 Å². The molecule has 0 radical (unpaired) electrons. The second kappa shape index (κ2) is 9.25. The molecule has 2 aromatic rings. The van der Waals surface area contributed by atoms with E-state index in [1.165, 1.54) is 0 Å². The average molecular weight is 375 g/mol. The number of ether oxygens (including phenoxy) is 1. The van der Waals surface area contributed by atoms with Crippen molar-refractivity contribution in [2.75, 3.05) is 11.9 Å². The first-order chi connectivity index (χ1) is 12.4. The molecule has 2 rings (SSSR count). The molecule has 2 aromatic carbocycles. The smallest absolute Gasteiger partial charge is 0.265 e. The standard InChI is InChI=1S/C20H23ClN2O3/c1-13(2)12-22-20(25)17-6-4-5-7-18(17)23-19(24)14(3)26-16-10-8-15(21)9-11-16/h4-11,13-14H,12H2,1-3H3,(H,22,25)(H,23,24)/t14-/m0/s1. The Morgan fingerprint density at radius 2 is 1.69 bits per heavy atom. The van der Waals surface area contributed by atoms with Crippen LogP contribution in [0.25, 0.3) is 0 Å². The molecule has 138 valence electrons. The number of hydrogen-bond acceptors (Lipinski definition) is 3. The molecule has 0 saturated heterocycles. The zero-order chi connectivity index (χ0) is 19.1. The summed E-state index contributed by atoms with van der Waals surface area (Å²) in [5.74, 6) is 0.318. The van der Waals surface area contributed by atoms with E-state index >= 15 is 0 Å². The van der Waals surface area contributed by atoms with Gasteiger partial charge in [-0.25, -0.2) is 0 Å². The summed E-state index contributed by atoms with van der Waals surface area (Å²) in [6, 6.07) is 13.7. The Bertz CT molecular complexity index is 760. The molecular formula is C20H23ClN2O3. The van der Waals surface area contributed by atoms with Gasteiger partial charge in [0.15, 0.2) is 6.10 Å². The van der Waals surface area contributed by atoms with Gasteiger partial charge in [-0.1, -0.05) is 37.6 Å². The van der Waals surface area contributed by atoms with E-state index < -0.39 is 6.10 Å². The highest BCUT2D eigenvalue weighted by Gasteiger charge is 2.18. The molecule has 5 nitrogen and oxygen atoms in total.